The van der Waals surface area contributed by atoms with Crippen LogP contribution in [0.15, 0.2) is 40.8 Å². The summed E-state index contributed by atoms with van der Waals surface area (Å²) in [5.74, 6) is 1.32. The van der Waals surface area contributed by atoms with Gasteiger partial charge in [0.05, 0.1) is 0 Å². The minimum Gasteiger partial charge on any atom is -0.456 e. The number of piperidine rings is 1. The van der Waals surface area contributed by atoms with Crippen LogP contribution in [0.2, 0.25) is 0 Å². The molecule has 1 aromatic carbocycles. The summed E-state index contributed by atoms with van der Waals surface area (Å²) in [6.45, 7) is 6.31. The van der Waals surface area contributed by atoms with E-state index in [-0.39, 0.29) is 5.91 Å². The van der Waals surface area contributed by atoms with Crippen LogP contribution in [0.3, 0.4) is 0 Å². The Hall–Kier alpha value is -2.07. The molecule has 4 nitrogen and oxygen atoms in total. The van der Waals surface area contributed by atoms with Crippen molar-refractivity contribution in [2.45, 2.75) is 39.3 Å². The summed E-state index contributed by atoms with van der Waals surface area (Å²) in [5, 5.41) is 0. The van der Waals surface area contributed by atoms with Crippen LogP contribution in [0.1, 0.15) is 40.3 Å². The number of benzene rings is 1. The Bertz CT molecular complexity index is 693. The minimum absolute atomic E-state index is 0.0263. The van der Waals surface area contributed by atoms with Crippen molar-refractivity contribution < 1.29 is 9.21 Å². The fourth-order valence-corrected chi connectivity index (χ4v) is 3.50. The lowest BCUT2D eigenvalue weighted by molar-refractivity contribution is 0.0570. The second-order valence-electron chi connectivity index (χ2n) is 6.82. The number of hydrogen-bond donors (Lipinski definition) is 0. The lowest BCUT2D eigenvalue weighted by Crippen LogP contribution is -2.48. The summed E-state index contributed by atoms with van der Waals surface area (Å²) in [7, 11) is 2.15. The van der Waals surface area contributed by atoms with Crippen LogP contribution in [-0.4, -0.2) is 41.9 Å². The van der Waals surface area contributed by atoms with Gasteiger partial charge in [-0.05, 0) is 45.4 Å². The average Bonchev–Trinajstić information content (AvgIpc) is 2.93. The molecule has 2 aromatic rings. The SMILES string of the molecule is Cc1cc(C)c(C(=O)N2CCCC(N(C)Cc3ccccc3)C2)o1. The van der Waals surface area contributed by atoms with Crippen molar-refractivity contribution in [3.63, 3.8) is 0 Å². The average molecular weight is 326 g/mol. The Morgan fingerprint density at radius 2 is 2.04 bits per heavy atom. The summed E-state index contributed by atoms with van der Waals surface area (Å²) >= 11 is 0. The van der Waals surface area contributed by atoms with E-state index in [1.807, 2.05) is 30.9 Å². The summed E-state index contributed by atoms with van der Waals surface area (Å²) < 4.78 is 5.62. The molecule has 1 unspecified atom stereocenters. The number of rotatable bonds is 4. The van der Waals surface area contributed by atoms with E-state index in [0.717, 1.165) is 43.8 Å². The van der Waals surface area contributed by atoms with Gasteiger partial charge in [-0.3, -0.25) is 9.69 Å². The third-order valence-corrected chi connectivity index (χ3v) is 4.82. The van der Waals surface area contributed by atoms with Crippen molar-refractivity contribution in [3.05, 3.63) is 59.0 Å². The molecule has 4 heteroatoms. The maximum absolute atomic E-state index is 12.8. The van der Waals surface area contributed by atoms with Crippen LogP contribution in [0, 0.1) is 13.8 Å². The molecular formula is C20H26N2O2. The van der Waals surface area contributed by atoms with Gasteiger partial charge in [-0.25, -0.2) is 0 Å². The molecule has 1 aliphatic heterocycles. The Labute approximate surface area is 144 Å². The van der Waals surface area contributed by atoms with Crippen molar-refractivity contribution in [2.75, 3.05) is 20.1 Å². The van der Waals surface area contributed by atoms with Crippen molar-refractivity contribution in [1.29, 1.82) is 0 Å². The molecule has 1 aromatic heterocycles. The summed E-state index contributed by atoms with van der Waals surface area (Å²) in [6, 6.07) is 12.8. The molecule has 2 heterocycles. The molecule has 0 N–H and O–H groups in total. The van der Waals surface area contributed by atoms with Gasteiger partial charge < -0.3 is 9.32 Å². The summed E-state index contributed by atoms with van der Waals surface area (Å²) in [4.78, 5) is 17.1. The molecule has 1 fully saturated rings. The summed E-state index contributed by atoms with van der Waals surface area (Å²) in [5.41, 5.74) is 2.23. The van der Waals surface area contributed by atoms with E-state index < -0.39 is 0 Å². The molecule has 1 atom stereocenters. The second kappa shape index (κ2) is 7.22. The topological polar surface area (TPSA) is 36.7 Å². The molecule has 128 valence electrons. The highest BCUT2D eigenvalue weighted by atomic mass is 16.4. The molecule has 0 spiro atoms. The van der Waals surface area contributed by atoms with Gasteiger partial charge in [0.25, 0.3) is 5.91 Å². The van der Waals surface area contributed by atoms with Crippen LogP contribution >= 0.6 is 0 Å². The summed E-state index contributed by atoms with van der Waals surface area (Å²) in [6.07, 6.45) is 2.16. The van der Waals surface area contributed by atoms with Crippen LogP contribution in [0.4, 0.5) is 0 Å². The Morgan fingerprint density at radius 3 is 2.71 bits per heavy atom. The number of aryl methyl sites for hydroxylation is 2. The predicted molar refractivity (Wildman–Crippen MR) is 95.0 cm³/mol. The molecule has 0 aliphatic carbocycles. The van der Waals surface area contributed by atoms with E-state index in [9.17, 15) is 4.79 Å². The number of likely N-dealkylation sites (tertiary alicyclic amines) is 1. The van der Waals surface area contributed by atoms with Gasteiger partial charge >= 0.3 is 0 Å². The van der Waals surface area contributed by atoms with Crippen LogP contribution < -0.4 is 0 Å². The largest absolute Gasteiger partial charge is 0.456 e. The molecule has 1 aliphatic rings. The number of carbonyl (C=O) groups excluding carboxylic acids is 1. The molecule has 1 amide bonds. The van der Waals surface area contributed by atoms with Gasteiger partial charge in [-0.2, -0.15) is 0 Å². The maximum Gasteiger partial charge on any atom is 0.289 e. The fourth-order valence-electron chi connectivity index (χ4n) is 3.50. The monoisotopic (exact) mass is 326 g/mol. The molecule has 24 heavy (non-hydrogen) atoms. The fraction of sp³-hybridized carbons (Fsp3) is 0.450. The Balaban J connectivity index is 1.65. The van der Waals surface area contributed by atoms with Gasteiger partial charge in [0.15, 0.2) is 5.76 Å². The van der Waals surface area contributed by atoms with E-state index >= 15 is 0 Å². The lowest BCUT2D eigenvalue weighted by Gasteiger charge is -2.37. The minimum atomic E-state index is 0.0263. The zero-order chi connectivity index (χ0) is 17.1. The van der Waals surface area contributed by atoms with Crippen molar-refractivity contribution >= 4 is 5.91 Å². The first-order valence-electron chi connectivity index (χ1n) is 8.65. The third kappa shape index (κ3) is 3.70. The van der Waals surface area contributed by atoms with Crippen LogP contribution in [-0.2, 0) is 6.54 Å². The number of likely N-dealkylation sites (N-methyl/N-ethyl adjacent to an activating group) is 1. The zero-order valence-electron chi connectivity index (χ0n) is 14.8. The van der Waals surface area contributed by atoms with Gasteiger partial charge in [-0.1, -0.05) is 30.3 Å². The number of hydrogen-bond acceptors (Lipinski definition) is 3. The first-order chi connectivity index (χ1) is 11.5. The van der Waals surface area contributed by atoms with Crippen molar-refractivity contribution in [2.24, 2.45) is 0 Å². The zero-order valence-corrected chi connectivity index (χ0v) is 14.8. The third-order valence-electron chi connectivity index (χ3n) is 4.82. The van der Waals surface area contributed by atoms with Gasteiger partial charge in [0.1, 0.15) is 5.76 Å². The second-order valence-corrected chi connectivity index (χ2v) is 6.82. The van der Waals surface area contributed by atoms with Crippen LogP contribution in [0.25, 0.3) is 0 Å². The number of carbonyl (C=O) groups is 1. The van der Waals surface area contributed by atoms with Gasteiger partial charge in [0, 0.05) is 31.2 Å². The maximum atomic E-state index is 12.8. The molecular weight excluding hydrogens is 300 g/mol. The van der Waals surface area contributed by atoms with Crippen molar-refractivity contribution in [3.8, 4) is 0 Å². The number of nitrogens with zero attached hydrogens (tertiary/aromatic N) is 2. The van der Waals surface area contributed by atoms with E-state index in [2.05, 4.69) is 36.2 Å². The molecule has 3 rings (SSSR count). The highest BCUT2D eigenvalue weighted by Gasteiger charge is 2.29. The molecule has 0 bridgehead atoms. The predicted octanol–water partition coefficient (Wildman–Crippen LogP) is 3.63. The van der Waals surface area contributed by atoms with Crippen LogP contribution in [0.5, 0.6) is 0 Å². The van der Waals surface area contributed by atoms with E-state index in [1.54, 1.807) is 0 Å². The smallest absolute Gasteiger partial charge is 0.289 e. The van der Waals surface area contributed by atoms with Crippen molar-refractivity contribution in [1.82, 2.24) is 9.80 Å². The number of furan rings is 1. The number of amides is 1. The van der Waals surface area contributed by atoms with E-state index in [0.29, 0.717) is 11.8 Å². The standard InChI is InChI=1S/C20H26N2O2/c1-15-12-16(2)24-19(15)20(23)22-11-7-10-18(14-22)21(3)13-17-8-5-4-6-9-17/h4-6,8-9,12,18H,7,10-11,13-14H2,1-3H3. The van der Waals surface area contributed by atoms with E-state index in [1.165, 1.54) is 5.56 Å². The quantitative estimate of drug-likeness (QED) is 0.861. The highest BCUT2D eigenvalue weighted by Crippen LogP contribution is 2.21. The lowest BCUT2D eigenvalue weighted by atomic mass is 10.0. The van der Waals surface area contributed by atoms with Gasteiger partial charge in [0.2, 0.25) is 0 Å². The highest BCUT2D eigenvalue weighted by molar-refractivity contribution is 5.93. The Morgan fingerprint density at radius 1 is 1.29 bits per heavy atom. The first-order valence-corrected chi connectivity index (χ1v) is 8.65. The molecule has 0 saturated carbocycles. The van der Waals surface area contributed by atoms with E-state index in [4.69, 9.17) is 4.42 Å². The first kappa shape index (κ1) is 16.8. The van der Waals surface area contributed by atoms with Gasteiger partial charge in [-0.15, -0.1) is 0 Å². The normalized spacial score (nSPS) is 18.2. The molecule has 0 radical (unpaired) electrons. The molecule has 1 saturated heterocycles. The Kier molecular flexibility index (Phi) is 5.05.